The summed E-state index contributed by atoms with van der Waals surface area (Å²) in [5.41, 5.74) is 1.60. The summed E-state index contributed by atoms with van der Waals surface area (Å²) in [5.74, 6) is 0.767. The van der Waals surface area contributed by atoms with Gasteiger partial charge in [-0.05, 0) is 38.2 Å². The molecule has 1 heterocycles. The van der Waals surface area contributed by atoms with E-state index in [1.54, 1.807) is 0 Å². The third-order valence-electron chi connectivity index (χ3n) is 3.27. The van der Waals surface area contributed by atoms with Gasteiger partial charge < -0.3 is 4.74 Å². The van der Waals surface area contributed by atoms with Crippen LogP contribution in [0.1, 0.15) is 26.7 Å². The lowest BCUT2D eigenvalue weighted by atomic mass is 9.82. The number of hydrogen-bond donors (Lipinski definition) is 0. The molecule has 1 nitrogen and oxygen atoms in total. The van der Waals surface area contributed by atoms with Crippen molar-refractivity contribution < 1.29 is 4.74 Å². The highest BCUT2D eigenvalue weighted by molar-refractivity contribution is 14.1. The van der Waals surface area contributed by atoms with Gasteiger partial charge in [-0.1, -0.05) is 28.7 Å². The molecule has 0 aromatic rings. The Morgan fingerprint density at radius 2 is 2.50 bits per heavy atom. The molecule has 2 bridgehead atoms. The molecule has 2 aliphatic rings. The van der Waals surface area contributed by atoms with Gasteiger partial charge in [0.15, 0.2) is 0 Å². The number of ether oxygens (including phenoxy) is 1. The van der Waals surface area contributed by atoms with E-state index >= 15 is 0 Å². The normalized spacial score (nSPS) is 46.1. The second-order valence-corrected chi connectivity index (χ2v) is 4.93. The van der Waals surface area contributed by atoms with Crippen molar-refractivity contribution in [2.24, 2.45) is 5.92 Å². The summed E-state index contributed by atoms with van der Waals surface area (Å²) in [6, 6.07) is 0. The maximum Gasteiger partial charge on any atom is 0.0794 e. The van der Waals surface area contributed by atoms with Crippen molar-refractivity contribution in [3.05, 3.63) is 11.6 Å². The van der Waals surface area contributed by atoms with Crippen molar-refractivity contribution in [1.82, 2.24) is 0 Å². The van der Waals surface area contributed by atoms with E-state index in [0.29, 0.717) is 6.10 Å². The molecule has 1 aliphatic carbocycles. The van der Waals surface area contributed by atoms with E-state index in [1.165, 1.54) is 18.4 Å². The van der Waals surface area contributed by atoms with E-state index in [0.717, 1.165) is 10.3 Å². The number of alkyl halides is 1. The van der Waals surface area contributed by atoms with Gasteiger partial charge in [0, 0.05) is 4.43 Å². The van der Waals surface area contributed by atoms with Gasteiger partial charge >= 0.3 is 0 Å². The van der Waals surface area contributed by atoms with Gasteiger partial charge in [0.1, 0.15) is 0 Å². The van der Waals surface area contributed by atoms with Crippen molar-refractivity contribution in [3.8, 4) is 0 Å². The topological polar surface area (TPSA) is 9.23 Å². The molecular weight excluding hydrogens is 263 g/mol. The van der Waals surface area contributed by atoms with Gasteiger partial charge in [-0.2, -0.15) is 0 Å². The van der Waals surface area contributed by atoms with Crippen LogP contribution >= 0.6 is 22.6 Å². The Balaban J connectivity index is 2.21. The summed E-state index contributed by atoms with van der Waals surface area (Å²) < 4.78 is 7.18. The van der Waals surface area contributed by atoms with E-state index in [2.05, 4.69) is 42.5 Å². The van der Waals surface area contributed by atoms with E-state index in [9.17, 15) is 0 Å². The van der Waals surface area contributed by atoms with E-state index in [-0.39, 0.29) is 5.60 Å². The molecule has 0 saturated carbocycles. The van der Waals surface area contributed by atoms with Crippen LogP contribution in [-0.2, 0) is 4.74 Å². The van der Waals surface area contributed by atoms with E-state index in [1.807, 2.05) is 0 Å². The fourth-order valence-corrected chi connectivity index (χ4v) is 3.00. The predicted octanol–water partition coefficient (Wildman–Crippen LogP) is 2.94. The molecular formula is C10H15IO. The fraction of sp³-hybridized carbons (Fsp3) is 0.800. The van der Waals surface area contributed by atoms with Crippen LogP contribution in [0.15, 0.2) is 11.6 Å². The summed E-state index contributed by atoms with van der Waals surface area (Å²) in [6.45, 7) is 4.45. The summed E-state index contributed by atoms with van der Waals surface area (Å²) in [7, 11) is 0. The Bertz CT molecular complexity index is 224. The van der Waals surface area contributed by atoms with Crippen molar-refractivity contribution in [2.75, 3.05) is 4.43 Å². The van der Waals surface area contributed by atoms with E-state index in [4.69, 9.17) is 4.74 Å². The van der Waals surface area contributed by atoms with Crippen molar-refractivity contribution in [3.63, 3.8) is 0 Å². The van der Waals surface area contributed by atoms with Crippen LogP contribution < -0.4 is 0 Å². The molecule has 1 unspecified atom stereocenters. The van der Waals surface area contributed by atoms with Crippen molar-refractivity contribution >= 4 is 22.6 Å². The summed E-state index contributed by atoms with van der Waals surface area (Å²) >= 11 is 2.44. The first-order chi connectivity index (χ1) is 5.65. The second kappa shape index (κ2) is 2.98. The minimum atomic E-state index is 0.152. The lowest BCUT2D eigenvalue weighted by Gasteiger charge is -2.26. The number of fused-ring (bicyclic) bond motifs is 2. The quantitative estimate of drug-likeness (QED) is 0.407. The minimum Gasteiger partial charge on any atom is -0.367 e. The highest BCUT2D eigenvalue weighted by Gasteiger charge is 2.45. The molecule has 0 aromatic heterocycles. The van der Waals surface area contributed by atoms with E-state index < -0.39 is 0 Å². The summed E-state index contributed by atoms with van der Waals surface area (Å²) in [4.78, 5) is 0. The SMILES string of the molecule is CC1=CC[C@H]2C[C@@H]1OC2(C)CI. The van der Waals surface area contributed by atoms with Crippen LogP contribution in [-0.4, -0.2) is 16.1 Å². The summed E-state index contributed by atoms with van der Waals surface area (Å²) in [6.07, 6.45) is 5.27. The Kier molecular flexibility index (Phi) is 2.24. The molecule has 2 heteroatoms. The average molecular weight is 278 g/mol. The van der Waals surface area contributed by atoms with Gasteiger partial charge in [0.05, 0.1) is 11.7 Å². The number of allylic oxidation sites excluding steroid dienone is 1. The largest absolute Gasteiger partial charge is 0.367 e. The molecule has 1 saturated heterocycles. The molecule has 1 fully saturated rings. The molecule has 0 amide bonds. The number of rotatable bonds is 1. The number of halogens is 1. The molecule has 0 spiro atoms. The lowest BCUT2D eigenvalue weighted by Crippen LogP contribution is -2.32. The zero-order valence-electron chi connectivity index (χ0n) is 7.64. The fourth-order valence-electron chi connectivity index (χ4n) is 2.20. The Morgan fingerprint density at radius 1 is 1.75 bits per heavy atom. The van der Waals surface area contributed by atoms with Crippen LogP contribution in [0.5, 0.6) is 0 Å². The molecule has 2 rings (SSSR count). The predicted molar refractivity (Wildman–Crippen MR) is 58.6 cm³/mol. The second-order valence-electron chi connectivity index (χ2n) is 4.17. The molecule has 0 N–H and O–H groups in total. The highest BCUT2D eigenvalue weighted by atomic mass is 127. The Labute approximate surface area is 87.7 Å². The van der Waals surface area contributed by atoms with Crippen LogP contribution in [0, 0.1) is 5.92 Å². The summed E-state index contributed by atoms with van der Waals surface area (Å²) in [5, 5.41) is 0. The third kappa shape index (κ3) is 1.23. The first kappa shape index (κ1) is 9.00. The van der Waals surface area contributed by atoms with Crippen LogP contribution in [0.25, 0.3) is 0 Å². The van der Waals surface area contributed by atoms with Crippen LogP contribution in [0.2, 0.25) is 0 Å². The standard InChI is InChI=1S/C10H15IO/c1-7-3-4-8-5-9(7)12-10(8,2)6-11/h3,8-9H,4-6H2,1-2H3/t8-,9-,10?/m0/s1. The van der Waals surface area contributed by atoms with Crippen molar-refractivity contribution in [2.45, 2.75) is 38.4 Å². The zero-order valence-corrected chi connectivity index (χ0v) is 9.80. The Morgan fingerprint density at radius 3 is 3.08 bits per heavy atom. The first-order valence-corrected chi connectivity index (χ1v) is 6.09. The molecule has 1 aliphatic heterocycles. The van der Waals surface area contributed by atoms with Crippen LogP contribution in [0.4, 0.5) is 0 Å². The smallest absolute Gasteiger partial charge is 0.0794 e. The van der Waals surface area contributed by atoms with Gasteiger partial charge in [0.2, 0.25) is 0 Å². The van der Waals surface area contributed by atoms with Gasteiger partial charge in [-0.15, -0.1) is 0 Å². The van der Waals surface area contributed by atoms with Crippen molar-refractivity contribution in [1.29, 1.82) is 0 Å². The minimum absolute atomic E-state index is 0.152. The maximum atomic E-state index is 6.06. The molecule has 68 valence electrons. The Hall–Kier alpha value is 0.430. The zero-order chi connectivity index (χ0) is 8.77. The highest BCUT2D eigenvalue weighted by Crippen LogP contribution is 2.45. The molecule has 0 radical (unpaired) electrons. The molecule has 12 heavy (non-hydrogen) atoms. The monoisotopic (exact) mass is 278 g/mol. The third-order valence-corrected chi connectivity index (χ3v) is 4.79. The molecule has 3 atom stereocenters. The van der Waals surface area contributed by atoms with Gasteiger partial charge in [-0.25, -0.2) is 0 Å². The maximum absolute atomic E-state index is 6.06. The van der Waals surface area contributed by atoms with Crippen LogP contribution in [0.3, 0.4) is 0 Å². The first-order valence-electron chi connectivity index (χ1n) is 4.56. The van der Waals surface area contributed by atoms with Gasteiger partial charge in [-0.3, -0.25) is 0 Å². The molecule has 0 aromatic carbocycles. The van der Waals surface area contributed by atoms with Gasteiger partial charge in [0.25, 0.3) is 0 Å². The average Bonchev–Trinajstić information content (AvgIpc) is 2.35. The number of hydrogen-bond acceptors (Lipinski definition) is 1. The lowest BCUT2D eigenvalue weighted by molar-refractivity contribution is -0.00752.